The lowest BCUT2D eigenvalue weighted by atomic mass is 9.98. The molecule has 0 saturated heterocycles. The third-order valence-electron chi connectivity index (χ3n) is 3.89. The first-order chi connectivity index (χ1) is 10.1. The number of aromatic nitrogens is 3. The number of nitriles is 1. The molecule has 0 bridgehead atoms. The number of aryl methyl sites for hydroxylation is 1. The van der Waals surface area contributed by atoms with E-state index in [4.69, 9.17) is 0 Å². The van der Waals surface area contributed by atoms with Crippen LogP contribution in [-0.2, 0) is 13.0 Å². The van der Waals surface area contributed by atoms with Gasteiger partial charge in [-0.1, -0.05) is 32.0 Å². The molecule has 0 spiro atoms. The molecular weight excluding hydrogens is 282 g/mol. The van der Waals surface area contributed by atoms with E-state index in [1.807, 2.05) is 13.8 Å². The van der Waals surface area contributed by atoms with Crippen LogP contribution in [0.4, 0.5) is 0 Å². The van der Waals surface area contributed by atoms with Crippen LogP contribution in [0.1, 0.15) is 52.3 Å². The molecule has 0 fully saturated rings. The quantitative estimate of drug-likeness (QED) is 0.819. The zero-order valence-electron chi connectivity index (χ0n) is 13.2. The number of hydrogen-bond donors (Lipinski definition) is 1. The zero-order valence-corrected chi connectivity index (χ0v) is 14.0. The molecule has 2 rings (SSSR count). The Morgan fingerprint density at radius 2 is 2.24 bits per heavy atom. The highest BCUT2D eigenvalue weighted by Gasteiger charge is 2.27. The van der Waals surface area contributed by atoms with Crippen LogP contribution in [0.5, 0.6) is 0 Å². The smallest absolute Gasteiger partial charge is 0.191 e. The molecule has 0 aliphatic carbocycles. The third-order valence-corrected chi connectivity index (χ3v) is 4.97. The van der Waals surface area contributed by atoms with E-state index < -0.39 is 5.54 Å². The van der Waals surface area contributed by atoms with Crippen molar-refractivity contribution < 1.29 is 0 Å². The highest BCUT2D eigenvalue weighted by molar-refractivity contribution is 7.99. The molecule has 0 radical (unpaired) electrons. The summed E-state index contributed by atoms with van der Waals surface area (Å²) in [6.07, 6.45) is 5.53. The Morgan fingerprint density at radius 1 is 1.43 bits per heavy atom. The molecule has 1 aromatic heterocycles. The van der Waals surface area contributed by atoms with Gasteiger partial charge in [0, 0.05) is 18.2 Å². The molecule has 0 saturated carbocycles. The maximum Gasteiger partial charge on any atom is 0.191 e. The van der Waals surface area contributed by atoms with Gasteiger partial charge < -0.3 is 4.57 Å². The first-order valence-corrected chi connectivity index (χ1v) is 8.71. The molecule has 0 amide bonds. The van der Waals surface area contributed by atoms with Gasteiger partial charge in [0.05, 0.1) is 6.07 Å². The molecule has 1 aliphatic heterocycles. The second-order valence-electron chi connectivity index (χ2n) is 5.97. The molecule has 2 unspecified atom stereocenters. The van der Waals surface area contributed by atoms with Crippen molar-refractivity contribution in [3.8, 4) is 6.07 Å². The molecule has 21 heavy (non-hydrogen) atoms. The van der Waals surface area contributed by atoms with Crippen LogP contribution in [0.3, 0.4) is 0 Å². The number of rotatable bonds is 6. The van der Waals surface area contributed by atoms with Crippen LogP contribution >= 0.6 is 11.8 Å². The monoisotopic (exact) mass is 307 g/mol. The Labute approximate surface area is 131 Å². The molecular formula is C15H25N5S. The summed E-state index contributed by atoms with van der Waals surface area (Å²) >= 11 is 1.74. The Morgan fingerprint density at radius 3 is 2.95 bits per heavy atom. The molecule has 116 valence electrons. The van der Waals surface area contributed by atoms with E-state index in [9.17, 15) is 5.26 Å². The Bertz CT molecular complexity index is 507. The molecule has 5 nitrogen and oxygen atoms in total. The lowest BCUT2D eigenvalue weighted by Crippen LogP contribution is -2.42. The lowest BCUT2D eigenvalue weighted by Gasteiger charge is -2.25. The first kappa shape index (κ1) is 16.3. The van der Waals surface area contributed by atoms with E-state index in [1.54, 1.807) is 11.8 Å². The Hall–Kier alpha value is -1.06. The minimum absolute atomic E-state index is 0.324. The maximum atomic E-state index is 9.37. The van der Waals surface area contributed by atoms with Gasteiger partial charge in [-0.2, -0.15) is 5.26 Å². The molecule has 1 aliphatic rings. The summed E-state index contributed by atoms with van der Waals surface area (Å²) in [4.78, 5) is 0. The molecule has 1 aromatic rings. The summed E-state index contributed by atoms with van der Waals surface area (Å²) < 4.78 is 2.27. The van der Waals surface area contributed by atoms with Crippen LogP contribution in [-0.4, -0.2) is 32.1 Å². The Kier molecular flexibility index (Phi) is 5.65. The summed E-state index contributed by atoms with van der Waals surface area (Å²) in [5.74, 6) is 1.12. The van der Waals surface area contributed by atoms with Crippen molar-refractivity contribution in [2.24, 2.45) is 0 Å². The number of nitrogens with one attached hydrogen (secondary N) is 1. The fourth-order valence-electron chi connectivity index (χ4n) is 2.89. The highest BCUT2D eigenvalue weighted by atomic mass is 32.2. The second kappa shape index (κ2) is 7.28. The van der Waals surface area contributed by atoms with Gasteiger partial charge in [0.1, 0.15) is 11.4 Å². The van der Waals surface area contributed by atoms with Gasteiger partial charge in [-0.25, -0.2) is 0 Å². The van der Waals surface area contributed by atoms with Crippen molar-refractivity contribution in [1.82, 2.24) is 20.1 Å². The standard InChI is InChI=1S/C15H25N5S/c1-4-17-15(3,11-16)10-12(2)21-14-19-18-13-8-6-5-7-9-20(13)14/h12,17H,4-10H2,1-3H3. The minimum atomic E-state index is -0.469. The van der Waals surface area contributed by atoms with Gasteiger partial charge in [-0.05, 0) is 32.7 Å². The van der Waals surface area contributed by atoms with Crippen LogP contribution in [0.15, 0.2) is 5.16 Å². The van der Waals surface area contributed by atoms with Gasteiger partial charge in [0.2, 0.25) is 0 Å². The summed E-state index contributed by atoms with van der Waals surface area (Å²) in [7, 11) is 0. The molecule has 0 aromatic carbocycles. The van der Waals surface area contributed by atoms with Crippen LogP contribution < -0.4 is 5.32 Å². The maximum absolute atomic E-state index is 9.37. The van der Waals surface area contributed by atoms with Crippen molar-refractivity contribution >= 4 is 11.8 Å². The van der Waals surface area contributed by atoms with Gasteiger partial charge >= 0.3 is 0 Å². The summed E-state index contributed by atoms with van der Waals surface area (Å²) in [5.41, 5.74) is -0.469. The van der Waals surface area contributed by atoms with Crippen molar-refractivity contribution in [1.29, 1.82) is 5.26 Å². The van der Waals surface area contributed by atoms with E-state index in [1.165, 1.54) is 19.3 Å². The van der Waals surface area contributed by atoms with Gasteiger partial charge in [0.15, 0.2) is 5.16 Å². The van der Waals surface area contributed by atoms with Crippen LogP contribution in [0, 0.1) is 11.3 Å². The second-order valence-corrected chi connectivity index (χ2v) is 7.37. The van der Waals surface area contributed by atoms with Crippen molar-refractivity contribution in [2.75, 3.05) is 6.54 Å². The first-order valence-electron chi connectivity index (χ1n) is 7.83. The molecule has 2 heterocycles. The number of thioether (sulfide) groups is 1. The van der Waals surface area contributed by atoms with Gasteiger partial charge in [-0.15, -0.1) is 10.2 Å². The van der Waals surface area contributed by atoms with Gasteiger partial charge in [0.25, 0.3) is 0 Å². The number of hydrogen-bond acceptors (Lipinski definition) is 5. The molecule has 6 heteroatoms. The zero-order chi connectivity index (χ0) is 15.3. The lowest BCUT2D eigenvalue weighted by molar-refractivity contribution is 0.429. The average Bonchev–Trinajstić information content (AvgIpc) is 2.68. The van der Waals surface area contributed by atoms with E-state index in [-0.39, 0.29) is 0 Å². The van der Waals surface area contributed by atoms with Crippen LogP contribution in [0.2, 0.25) is 0 Å². The number of nitrogens with zero attached hydrogens (tertiary/aromatic N) is 4. The van der Waals surface area contributed by atoms with E-state index >= 15 is 0 Å². The summed E-state index contributed by atoms with van der Waals surface area (Å²) in [6.45, 7) is 8.00. The predicted octanol–water partition coefficient (Wildman–Crippen LogP) is 2.77. The SMILES string of the molecule is CCNC(C)(C#N)CC(C)Sc1nnc2n1CCCCC2. The van der Waals surface area contributed by atoms with E-state index in [0.717, 1.165) is 36.9 Å². The van der Waals surface area contributed by atoms with E-state index in [2.05, 4.69) is 33.1 Å². The number of fused-ring (bicyclic) bond motifs is 1. The summed E-state index contributed by atoms with van der Waals surface area (Å²) in [6, 6.07) is 2.39. The van der Waals surface area contributed by atoms with Crippen molar-refractivity contribution in [2.45, 2.75) is 75.4 Å². The van der Waals surface area contributed by atoms with Crippen molar-refractivity contribution in [3.05, 3.63) is 5.82 Å². The van der Waals surface area contributed by atoms with Crippen molar-refractivity contribution in [3.63, 3.8) is 0 Å². The minimum Gasteiger partial charge on any atom is -0.306 e. The summed E-state index contributed by atoms with van der Waals surface area (Å²) in [5, 5.41) is 22.7. The normalized spacial score (nSPS) is 19.1. The fourth-order valence-corrected chi connectivity index (χ4v) is 4.08. The topological polar surface area (TPSA) is 66.5 Å². The molecule has 1 N–H and O–H groups in total. The van der Waals surface area contributed by atoms with Crippen LogP contribution in [0.25, 0.3) is 0 Å². The molecule has 2 atom stereocenters. The average molecular weight is 307 g/mol. The largest absolute Gasteiger partial charge is 0.306 e. The predicted molar refractivity (Wildman–Crippen MR) is 85.2 cm³/mol. The fraction of sp³-hybridized carbons (Fsp3) is 0.800. The Balaban J connectivity index is 2.02. The third kappa shape index (κ3) is 4.21. The highest BCUT2D eigenvalue weighted by Crippen LogP contribution is 2.29. The van der Waals surface area contributed by atoms with E-state index in [0.29, 0.717) is 5.25 Å². The van der Waals surface area contributed by atoms with Gasteiger partial charge in [-0.3, -0.25) is 5.32 Å².